The Hall–Kier alpha value is -0.710. The van der Waals surface area contributed by atoms with Crippen LogP contribution in [0.1, 0.15) is 12.8 Å². The molecule has 5 heteroatoms. The Balaban J connectivity index is 2.84. The number of carboxylic acid groups (broad SMARTS) is 1. The summed E-state index contributed by atoms with van der Waals surface area (Å²) in [6.45, 7) is 0. The van der Waals surface area contributed by atoms with Crippen molar-refractivity contribution in [3.05, 3.63) is 0 Å². The molecule has 1 saturated heterocycles. The molecule has 1 aliphatic heterocycles. The zero-order valence-corrected chi connectivity index (χ0v) is 8.34. The Morgan fingerprint density at radius 2 is 2.08 bits per heavy atom. The van der Waals surface area contributed by atoms with Gasteiger partial charge in [0.05, 0.1) is 0 Å². The number of carboxylic acids is 1. The number of hydrogen-bond donors (Lipinski definition) is 1. The molecule has 1 fully saturated rings. The summed E-state index contributed by atoms with van der Waals surface area (Å²) in [6.07, 6.45) is 1.69. The number of nitrogens with zero attached hydrogens (tertiary/aromatic N) is 1. The normalized spacial score (nSPS) is 20.7. The molecule has 0 saturated carbocycles. The third kappa shape index (κ3) is 1.80. The molecule has 0 bridgehead atoms. The average molecular weight is 203 g/mol. The maximum absolute atomic E-state index is 11.1. The average Bonchev–Trinajstić information content (AvgIpc) is 2.17. The van der Waals surface area contributed by atoms with Crippen molar-refractivity contribution >= 4 is 24.1 Å². The molecule has 0 aromatic carbocycles. The monoisotopic (exact) mass is 203 g/mol. The van der Waals surface area contributed by atoms with Crippen LogP contribution in [0.5, 0.6) is 0 Å². The zero-order valence-electron chi connectivity index (χ0n) is 7.52. The van der Waals surface area contributed by atoms with Crippen LogP contribution >= 0.6 is 11.8 Å². The van der Waals surface area contributed by atoms with Gasteiger partial charge in [0.1, 0.15) is 5.54 Å². The molecule has 0 radical (unpaired) electrons. The summed E-state index contributed by atoms with van der Waals surface area (Å²) in [5, 5.41) is 9.08. The predicted molar refractivity (Wildman–Crippen MR) is 50.8 cm³/mol. The highest BCUT2D eigenvalue weighted by Gasteiger charge is 2.43. The molecule has 4 nitrogen and oxygen atoms in total. The Morgan fingerprint density at radius 3 is 2.46 bits per heavy atom. The van der Waals surface area contributed by atoms with E-state index in [4.69, 9.17) is 5.11 Å². The van der Waals surface area contributed by atoms with Crippen molar-refractivity contribution in [2.75, 3.05) is 18.6 Å². The van der Waals surface area contributed by atoms with E-state index in [0.29, 0.717) is 19.3 Å². The number of thioether (sulfide) groups is 1. The van der Waals surface area contributed by atoms with E-state index in [1.165, 1.54) is 11.9 Å². The summed E-state index contributed by atoms with van der Waals surface area (Å²) in [5.74, 6) is 0.733. The van der Waals surface area contributed by atoms with Crippen LogP contribution in [0.15, 0.2) is 0 Å². The van der Waals surface area contributed by atoms with Gasteiger partial charge >= 0.3 is 5.97 Å². The van der Waals surface area contributed by atoms with Crippen LogP contribution in [0, 0.1) is 0 Å². The number of likely N-dealkylation sites (N-methyl/N-ethyl adjacent to an activating group) is 1. The molecule has 0 spiro atoms. The highest BCUT2D eigenvalue weighted by molar-refractivity contribution is 7.99. The van der Waals surface area contributed by atoms with Crippen LogP contribution in [0.4, 0.5) is 0 Å². The highest BCUT2D eigenvalue weighted by atomic mass is 32.2. The SMILES string of the molecule is CN(C=O)C1(C(=O)O)CCSCC1. The van der Waals surface area contributed by atoms with E-state index < -0.39 is 11.5 Å². The molecular formula is C8H13NO3S. The number of hydrogen-bond acceptors (Lipinski definition) is 3. The minimum Gasteiger partial charge on any atom is -0.479 e. The number of amides is 1. The number of aliphatic carboxylic acids is 1. The van der Waals surface area contributed by atoms with Gasteiger partial charge in [0.15, 0.2) is 0 Å². The van der Waals surface area contributed by atoms with Gasteiger partial charge in [0, 0.05) is 7.05 Å². The second-order valence-electron chi connectivity index (χ2n) is 3.17. The van der Waals surface area contributed by atoms with Crippen LogP contribution < -0.4 is 0 Å². The second-order valence-corrected chi connectivity index (χ2v) is 4.39. The summed E-state index contributed by atoms with van der Waals surface area (Å²) in [5.41, 5.74) is -0.951. The van der Waals surface area contributed by atoms with Gasteiger partial charge in [-0.25, -0.2) is 4.79 Å². The standard InChI is InChI=1S/C8H13NO3S/c1-9(6-10)8(7(11)12)2-4-13-5-3-8/h6H,2-5H2,1H3,(H,11,12). The van der Waals surface area contributed by atoms with Gasteiger partial charge in [-0.3, -0.25) is 4.79 Å². The minimum atomic E-state index is -0.951. The second kappa shape index (κ2) is 4.00. The van der Waals surface area contributed by atoms with Crippen molar-refractivity contribution in [2.45, 2.75) is 18.4 Å². The Labute approximate surface area is 81.3 Å². The quantitative estimate of drug-likeness (QED) is 0.676. The summed E-state index contributed by atoms with van der Waals surface area (Å²) in [6, 6.07) is 0. The molecule has 0 aromatic heterocycles. The van der Waals surface area contributed by atoms with Crippen molar-refractivity contribution in [1.82, 2.24) is 4.90 Å². The molecule has 1 N–H and O–H groups in total. The first-order chi connectivity index (χ1) is 6.13. The molecule has 74 valence electrons. The maximum atomic E-state index is 11.1. The van der Waals surface area contributed by atoms with Gasteiger partial charge in [-0.15, -0.1) is 0 Å². The molecule has 0 aromatic rings. The lowest BCUT2D eigenvalue weighted by atomic mass is 9.91. The first-order valence-corrected chi connectivity index (χ1v) is 5.28. The molecule has 0 unspecified atom stereocenters. The van der Waals surface area contributed by atoms with Crippen LogP contribution in [-0.4, -0.2) is 46.5 Å². The van der Waals surface area contributed by atoms with Crippen molar-refractivity contribution in [3.63, 3.8) is 0 Å². The first-order valence-electron chi connectivity index (χ1n) is 4.13. The van der Waals surface area contributed by atoms with E-state index in [0.717, 1.165) is 11.5 Å². The fraction of sp³-hybridized carbons (Fsp3) is 0.750. The van der Waals surface area contributed by atoms with E-state index in [1.807, 2.05) is 0 Å². The lowest BCUT2D eigenvalue weighted by Crippen LogP contribution is -2.54. The summed E-state index contributed by atoms with van der Waals surface area (Å²) in [7, 11) is 1.54. The lowest BCUT2D eigenvalue weighted by Gasteiger charge is -2.38. The Morgan fingerprint density at radius 1 is 1.54 bits per heavy atom. The number of carbonyl (C=O) groups is 2. The smallest absolute Gasteiger partial charge is 0.329 e. The van der Waals surface area contributed by atoms with E-state index in [-0.39, 0.29) is 0 Å². The number of carbonyl (C=O) groups excluding carboxylic acids is 1. The highest BCUT2D eigenvalue weighted by Crippen LogP contribution is 2.31. The van der Waals surface area contributed by atoms with Gasteiger partial charge in [0.25, 0.3) is 0 Å². The van der Waals surface area contributed by atoms with Crippen LogP contribution in [0.25, 0.3) is 0 Å². The number of rotatable bonds is 3. The van der Waals surface area contributed by atoms with Crippen molar-refractivity contribution in [2.24, 2.45) is 0 Å². The maximum Gasteiger partial charge on any atom is 0.329 e. The van der Waals surface area contributed by atoms with Gasteiger partial charge in [0.2, 0.25) is 6.41 Å². The Bertz CT molecular complexity index is 213. The van der Waals surface area contributed by atoms with Crippen LogP contribution in [0.2, 0.25) is 0 Å². The summed E-state index contributed by atoms with van der Waals surface area (Å²) in [4.78, 5) is 22.9. The van der Waals surface area contributed by atoms with Crippen molar-refractivity contribution in [3.8, 4) is 0 Å². The third-order valence-electron chi connectivity index (χ3n) is 2.55. The van der Waals surface area contributed by atoms with E-state index in [9.17, 15) is 9.59 Å². The van der Waals surface area contributed by atoms with Crippen LogP contribution in [0.3, 0.4) is 0 Å². The summed E-state index contributed by atoms with van der Waals surface area (Å²) < 4.78 is 0. The fourth-order valence-corrected chi connectivity index (χ4v) is 2.70. The first kappa shape index (κ1) is 10.4. The molecule has 1 aliphatic rings. The van der Waals surface area contributed by atoms with Crippen molar-refractivity contribution < 1.29 is 14.7 Å². The lowest BCUT2D eigenvalue weighted by molar-refractivity contribution is -0.154. The largest absolute Gasteiger partial charge is 0.479 e. The minimum absolute atomic E-state index is 0.544. The topological polar surface area (TPSA) is 57.6 Å². The van der Waals surface area contributed by atoms with Gasteiger partial charge in [-0.1, -0.05) is 0 Å². The van der Waals surface area contributed by atoms with Crippen LogP contribution in [-0.2, 0) is 9.59 Å². The molecule has 0 atom stereocenters. The van der Waals surface area contributed by atoms with Gasteiger partial charge in [-0.05, 0) is 24.3 Å². The van der Waals surface area contributed by atoms with Crippen molar-refractivity contribution in [1.29, 1.82) is 0 Å². The molecule has 0 aliphatic carbocycles. The third-order valence-corrected chi connectivity index (χ3v) is 3.54. The molecule has 1 heterocycles. The van der Waals surface area contributed by atoms with Gasteiger partial charge in [-0.2, -0.15) is 11.8 Å². The van der Waals surface area contributed by atoms with Gasteiger partial charge < -0.3 is 10.0 Å². The molecule has 1 rings (SSSR count). The molecule has 13 heavy (non-hydrogen) atoms. The zero-order chi connectivity index (χ0) is 9.90. The van der Waals surface area contributed by atoms with E-state index >= 15 is 0 Å². The fourth-order valence-electron chi connectivity index (χ4n) is 1.53. The molecule has 1 amide bonds. The summed E-state index contributed by atoms with van der Waals surface area (Å²) >= 11 is 1.74. The van der Waals surface area contributed by atoms with E-state index in [1.54, 1.807) is 11.8 Å². The Kier molecular flexibility index (Phi) is 3.19. The predicted octanol–water partition coefficient (Wildman–Crippen LogP) is 0.425. The molecular weight excluding hydrogens is 190 g/mol. The van der Waals surface area contributed by atoms with E-state index in [2.05, 4.69) is 0 Å².